The average Bonchev–Trinajstić information content (AvgIpc) is 2.75. The van der Waals surface area contributed by atoms with Crippen molar-refractivity contribution in [2.24, 2.45) is 0 Å². The summed E-state index contributed by atoms with van der Waals surface area (Å²) in [6.45, 7) is 0.667. The van der Waals surface area contributed by atoms with Crippen molar-refractivity contribution in [3.63, 3.8) is 0 Å². The molecule has 1 aromatic heterocycles. The number of nitrogens with zero attached hydrogens (tertiary/aromatic N) is 1. The lowest BCUT2D eigenvalue weighted by Gasteiger charge is -2.32. The number of morpholine rings is 1. The summed E-state index contributed by atoms with van der Waals surface area (Å²) in [5.74, 6) is -1.36. The molecule has 92 valence electrons. The first kappa shape index (κ1) is 12.3. The van der Waals surface area contributed by atoms with Gasteiger partial charge in [0.05, 0.1) is 22.4 Å². The van der Waals surface area contributed by atoms with E-state index in [9.17, 15) is 9.59 Å². The van der Waals surface area contributed by atoms with Crippen LogP contribution >= 0.6 is 22.9 Å². The van der Waals surface area contributed by atoms with Gasteiger partial charge in [-0.2, -0.15) is 0 Å². The second-order valence-electron chi connectivity index (χ2n) is 3.53. The highest BCUT2D eigenvalue weighted by atomic mass is 35.5. The third kappa shape index (κ3) is 2.59. The number of rotatable bonds is 2. The lowest BCUT2D eigenvalue weighted by Crippen LogP contribution is -2.52. The first-order chi connectivity index (χ1) is 8.09. The summed E-state index contributed by atoms with van der Waals surface area (Å²) >= 11 is 6.89. The van der Waals surface area contributed by atoms with E-state index in [1.54, 1.807) is 12.1 Å². The fourth-order valence-corrected chi connectivity index (χ4v) is 2.62. The number of thiophene rings is 1. The number of aliphatic carboxylic acids is 1. The topological polar surface area (TPSA) is 66.8 Å². The third-order valence-electron chi connectivity index (χ3n) is 2.46. The minimum absolute atomic E-state index is 0.0280. The molecule has 1 N–H and O–H groups in total. The monoisotopic (exact) mass is 275 g/mol. The van der Waals surface area contributed by atoms with Crippen molar-refractivity contribution in [3.8, 4) is 0 Å². The van der Waals surface area contributed by atoms with Crippen LogP contribution in [0.3, 0.4) is 0 Å². The summed E-state index contributed by atoms with van der Waals surface area (Å²) in [7, 11) is 0. The number of hydrogen-bond donors (Lipinski definition) is 1. The van der Waals surface area contributed by atoms with Crippen molar-refractivity contribution in [1.29, 1.82) is 0 Å². The molecule has 1 aliphatic rings. The lowest BCUT2D eigenvalue weighted by atomic mass is 10.2. The van der Waals surface area contributed by atoms with E-state index in [0.717, 1.165) is 11.3 Å². The van der Waals surface area contributed by atoms with Gasteiger partial charge in [-0.05, 0) is 12.1 Å². The largest absolute Gasteiger partial charge is 0.480 e. The van der Waals surface area contributed by atoms with Crippen molar-refractivity contribution in [1.82, 2.24) is 4.90 Å². The molecule has 1 fully saturated rings. The van der Waals surface area contributed by atoms with E-state index in [1.807, 2.05) is 0 Å². The van der Waals surface area contributed by atoms with Crippen molar-refractivity contribution < 1.29 is 19.4 Å². The summed E-state index contributed by atoms with van der Waals surface area (Å²) in [5.41, 5.74) is 0. The summed E-state index contributed by atoms with van der Waals surface area (Å²) in [6.07, 6.45) is 0. The van der Waals surface area contributed by atoms with Gasteiger partial charge in [-0.25, -0.2) is 4.79 Å². The Morgan fingerprint density at radius 3 is 2.88 bits per heavy atom. The Labute approximate surface area is 107 Å². The quantitative estimate of drug-likeness (QED) is 0.884. The van der Waals surface area contributed by atoms with Crippen molar-refractivity contribution in [3.05, 3.63) is 21.3 Å². The van der Waals surface area contributed by atoms with Crippen molar-refractivity contribution >= 4 is 34.8 Å². The van der Waals surface area contributed by atoms with Crippen LogP contribution < -0.4 is 0 Å². The Balaban J connectivity index is 2.19. The van der Waals surface area contributed by atoms with Gasteiger partial charge in [0.1, 0.15) is 0 Å². The van der Waals surface area contributed by atoms with E-state index in [4.69, 9.17) is 21.4 Å². The van der Waals surface area contributed by atoms with Crippen molar-refractivity contribution in [2.75, 3.05) is 19.8 Å². The molecule has 1 aliphatic heterocycles. The average molecular weight is 276 g/mol. The molecule has 0 saturated carbocycles. The van der Waals surface area contributed by atoms with Crippen LogP contribution in [-0.4, -0.2) is 47.7 Å². The lowest BCUT2D eigenvalue weighted by molar-refractivity contribution is -0.147. The highest BCUT2D eigenvalue weighted by Gasteiger charge is 2.33. The van der Waals surface area contributed by atoms with Gasteiger partial charge in [-0.1, -0.05) is 11.6 Å². The predicted molar refractivity (Wildman–Crippen MR) is 62.6 cm³/mol. The van der Waals surface area contributed by atoms with Gasteiger partial charge in [0, 0.05) is 6.54 Å². The van der Waals surface area contributed by atoms with Crippen LogP contribution in [0.1, 0.15) is 9.67 Å². The fourth-order valence-electron chi connectivity index (χ4n) is 1.62. The summed E-state index contributed by atoms with van der Waals surface area (Å²) in [6, 6.07) is 2.30. The number of amides is 1. The number of carboxylic acids is 1. The van der Waals surface area contributed by atoms with E-state index >= 15 is 0 Å². The highest BCUT2D eigenvalue weighted by molar-refractivity contribution is 7.17. The van der Waals surface area contributed by atoms with E-state index < -0.39 is 12.0 Å². The third-order valence-corrected chi connectivity index (χ3v) is 3.68. The maximum Gasteiger partial charge on any atom is 0.328 e. The SMILES string of the molecule is O=C(O)C1COCCN1C(=O)c1ccc(Cl)s1. The van der Waals surface area contributed by atoms with Crippen LogP contribution in [0.4, 0.5) is 0 Å². The fraction of sp³-hybridized carbons (Fsp3) is 0.400. The van der Waals surface area contributed by atoms with Gasteiger partial charge in [-0.3, -0.25) is 4.79 Å². The number of carbonyl (C=O) groups excluding carboxylic acids is 1. The molecule has 2 rings (SSSR count). The van der Waals surface area contributed by atoms with E-state index in [2.05, 4.69) is 0 Å². The maximum atomic E-state index is 12.1. The Morgan fingerprint density at radius 2 is 2.29 bits per heavy atom. The van der Waals surface area contributed by atoms with Crippen LogP contribution in [-0.2, 0) is 9.53 Å². The summed E-state index contributed by atoms with van der Waals surface area (Å²) in [4.78, 5) is 24.9. The Hall–Kier alpha value is -1.11. The predicted octanol–water partition coefficient (Wildman–Crippen LogP) is 1.33. The van der Waals surface area contributed by atoms with Gasteiger partial charge >= 0.3 is 5.97 Å². The minimum atomic E-state index is -1.05. The van der Waals surface area contributed by atoms with E-state index in [0.29, 0.717) is 15.8 Å². The zero-order chi connectivity index (χ0) is 12.4. The van der Waals surface area contributed by atoms with Crippen LogP contribution in [0.5, 0.6) is 0 Å². The summed E-state index contributed by atoms with van der Waals surface area (Å²) < 4.78 is 5.58. The molecule has 1 unspecified atom stereocenters. The standard InChI is InChI=1S/C10H10ClNO4S/c11-8-2-1-7(17-8)9(13)12-3-4-16-5-6(12)10(14)15/h1-2,6H,3-5H2,(H,14,15). The molecule has 2 heterocycles. The van der Waals surface area contributed by atoms with E-state index in [1.165, 1.54) is 4.90 Å². The zero-order valence-corrected chi connectivity index (χ0v) is 10.3. The minimum Gasteiger partial charge on any atom is -0.480 e. The van der Waals surface area contributed by atoms with Crippen LogP contribution in [0.2, 0.25) is 4.34 Å². The maximum absolute atomic E-state index is 12.1. The Kier molecular flexibility index (Phi) is 3.66. The number of carbonyl (C=O) groups is 2. The molecular formula is C10H10ClNO4S. The molecular weight excluding hydrogens is 266 g/mol. The van der Waals surface area contributed by atoms with Gasteiger partial charge in [-0.15, -0.1) is 11.3 Å². The second kappa shape index (κ2) is 5.03. The molecule has 0 aliphatic carbocycles. The van der Waals surface area contributed by atoms with Crippen LogP contribution in [0.15, 0.2) is 12.1 Å². The van der Waals surface area contributed by atoms with E-state index in [-0.39, 0.29) is 19.1 Å². The first-order valence-electron chi connectivity index (χ1n) is 4.96. The smallest absolute Gasteiger partial charge is 0.328 e. The molecule has 0 spiro atoms. The molecule has 17 heavy (non-hydrogen) atoms. The Bertz CT molecular complexity index is 447. The van der Waals surface area contributed by atoms with Crippen LogP contribution in [0, 0.1) is 0 Å². The molecule has 1 aromatic rings. The number of halogens is 1. The first-order valence-corrected chi connectivity index (χ1v) is 6.16. The molecule has 1 atom stereocenters. The molecule has 7 heteroatoms. The van der Waals surface area contributed by atoms with Crippen molar-refractivity contribution in [2.45, 2.75) is 6.04 Å². The summed E-state index contributed by atoms with van der Waals surface area (Å²) in [5, 5.41) is 9.01. The number of ether oxygens (including phenoxy) is 1. The van der Waals surface area contributed by atoms with Gasteiger partial charge in [0.25, 0.3) is 5.91 Å². The van der Waals surface area contributed by atoms with Crippen LogP contribution in [0.25, 0.3) is 0 Å². The molecule has 5 nitrogen and oxygen atoms in total. The highest BCUT2D eigenvalue weighted by Crippen LogP contribution is 2.24. The van der Waals surface area contributed by atoms with Gasteiger partial charge in [0.15, 0.2) is 6.04 Å². The molecule has 1 saturated heterocycles. The molecule has 0 aromatic carbocycles. The zero-order valence-electron chi connectivity index (χ0n) is 8.76. The van der Waals surface area contributed by atoms with Gasteiger partial charge in [0.2, 0.25) is 0 Å². The Morgan fingerprint density at radius 1 is 1.53 bits per heavy atom. The number of carboxylic acid groups (broad SMARTS) is 1. The van der Waals surface area contributed by atoms with Gasteiger partial charge < -0.3 is 14.7 Å². The normalized spacial score (nSPS) is 20.3. The number of hydrogen-bond acceptors (Lipinski definition) is 4. The molecule has 0 radical (unpaired) electrons. The second-order valence-corrected chi connectivity index (χ2v) is 5.25. The molecule has 0 bridgehead atoms. The molecule has 1 amide bonds.